The van der Waals surface area contributed by atoms with E-state index in [1.54, 1.807) is 22.7 Å². The number of carbonyl (C=O) groups excluding carboxylic acids is 1. The quantitative estimate of drug-likeness (QED) is 0.310. The van der Waals surface area contributed by atoms with Crippen molar-refractivity contribution in [1.82, 2.24) is 19.7 Å². The first kappa shape index (κ1) is 24.1. The smallest absolute Gasteiger partial charge is 0.251 e. The van der Waals surface area contributed by atoms with Gasteiger partial charge in [0, 0.05) is 35.8 Å². The maximum absolute atomic E-state index is 14.7. The van der Waals surface area contributed by atoms with E-state index in [1.165, 1.54) is 31.6 Å². The molecule has 2 aromatic heterocycles. The maximum Gasteiger partial charge on any atom is 0.251 e. The summed E-state index contributed by atoms with van der Waals surface area (Å²) in [5.41, 5.74) is 8.39. The van der Waals surface area contributed by atoms with Gasteiger partial charge in [0.1, 0.15) is 0 Å². The van der Waals surface area contributed by atoms with Crippen LogP contribution in [0.4, 0.5) is 20.3 Å². The number of hydrogen-bond acceptors (Lipinski definition) is 6. The number of nitrogens with zero attached hydrogens (tertiary/aromatic N) is 3. The topological polar surface area (TPSA) is 107 Å². The third kappa shape index (κ3) is 4.92. The Morgan fingerprint density at radius 2 is 1.97 bits per heavy atom. The molecule has 35 heavy (non-hydrogen) atoms. The van der Waals surface area contributed by atoms with Crippen LogP contribution in [0.3, 0.4) is 0 Å². The van der Waals surface area contributed by atoms with Crippen LogP contribution in [0.1, 0.15) is 28.8 Å². The Bertz CT molecular complexity index is 1370. The van der Waals surface area contributed by atoms with Crippen LogP contribution in [-0.2, 0) is 0 Å². The minimum Gasteiger partial charge on any atom is -0.494 e. The van der Waals surface area contributed by atoms with Crippen molar-refractivity contribution < 1.29 is 18.3 Å². The zero-order valence-corrected chi connectivity index (χ0v) is 19.4. The van der Waals surface area contributed by atoms with Crippen molar-refractivity contribution in [2.75, 3.05) is 25.5 Å². The Kier molecular flexibility index (Phi) is 7.21. The minimum absolute atomic E-state index is 0.0469. The van der Waals surface area contributed by atoms with Gasteiger partial charge >= 0.3 is 0 Å². The van der Waals surface area contributed by atoms with Crippen molar-refractivity contribution in [2.45, 2.75) is 19.8 Å². The molecule has 4 aromatic rings. The second kappa shape index (κ2) is 10.5. The molecule has 10 heteroatoms. The number of anilines is 2. The summed E-state index contributed by atoms with van der Waals surface area (Å²) >= 11 is 0. The van der Waals surface area contributed by atoms with Crippen molar-refractivity contribution in [1.29, 1.82) is 0 Å². The first-order valence-corrected chi connectivity index (χ1v) is 11.1. The highest BCUT2D eigenvalue weighted by atomic mass is 19.2. The van der Waals surface area contributed by atoms with Gasteiger partial charge in [0.2, 0.25) is 5.82 Å². The molecule has 1 amide bonds. The average Bonchev–Trinajstić information content (AvgIpc) is 3.28. The molecule has 0 radical (unpaired) electrons. The number of methoxy groups -OCH3 is 1. The highest BCUT2D eigenvalue weighted by Gasteiger charge is 2.19. The zero-order valence-electron chi connectivity index (χ0n) is 19.4. The molecule has 2 heterocycles. The Hall–Kier alpha value is -4.05. The highest BCUT2D eigenvalue weighted by Crippen LogP contribution is 2.31. The van der Waals surface area contributed by atoms with E-state index in [9.17, 15) is 13.6 Å². The number of fused-ring (bicyclic) bond motifs is 1. The van der Waals surface area contributed by atoms with Gasteiger partial charge in [-0.05, 0) is 62.2 Å². The maximum atomic E-state index is 14.7. The van der Waals surface area contributed by atoms with Crippen molar-refractivity contribution in [2.24, 2.45) is 5.73 Å². The van der Waals surface area contributed by atoms with Gasteiger partial charge in [0.25, 0.3) is 5.91 Å². The van der Waals surface area contributed by atoms with E-state index >= 15 is 0 Å². The van der Waals surface area contributed by atoms with E-state index in [-0.39, 0.29) is 17.2 Å². The van der Waals surface area contributed by atoms with Gasteiger partial charge in [0.15, 0.2) is 23.0 Å². The molecular weight excluding hydrogens is 454 g/mol. The molecule has 0 saturated carbocycles. The largest absolute Gasteiger partial charge is 0.494 e. The minimum atomic E-state index is -1.06. The summed E-state index contributed by atoms with van der Waals surface area (Å²) < 4.78 is 35.4. The molecule has 182 valence electrons. The second-order valence-corrected chi connectivity index (χ2v) is 7.96. The Morgan fingerprint density at radius 3 is 2.71 bits per heavy atom. The van der Waals surface area contributed by atoms with E-state index in [0.717, 1.165) is 18.4 Å². The summed E-state index contributed by atoms with van der Waals surface area (Å²) in [4.78, 5) is 21.2. The molecule has 8 nitrogen and oxygen atoms in total. The van der Waals surface area contributed by atoms with Gasteiger partial charge in [-0.15, -0.1) is 0 Å². The summed E-state index contributed by atoms with van der Waals surface area (Å²) in [5, 5.41) is 6.09. The predicted molar refractivity (Wildman–Crippen MR) is 130 cm³/mol. The van der Waals surface area contributed by atoms with Crippen LogP contribution in [-0.4, -0.2) is 40.5 Å². The lowest BCUT2D eigenvalue weighted by atomic mass is 10.1. The zero-order chi connectivity index (χ0) is 24.9. The van der Waals surface area contributed by atoms with Crippen molar-refractivity contribution in [3.05, 3.63) is 71.7 Å². The molecular formula is C25H26F2N6O2. The fourth-order valence-corrected chi connectivity index (χ4v) is 3.79. The van der Waals surface area contributed by atoms with E-state index in [2.05, 4.69) is 20.6 Å². The number of nitrogens with two attached hydrogens (primary N) is 1. The summed E-state index contributed by atoms with van der Waals surface area (Å²) in [6, 6.07) is 8.16. The molecule has 0 aliphatic rings. The van der Waals surface area contributed by atoms with E-state index in [1.807, 2.05) is 13.0 Å². The van der Waals surface area contributed by atoms with Crippen molar-refractivity contribution in [3.8, 4) is 17.0 Å². The summed E-state index contributed by atoms with van der Waals surface area (Å²) in [7, 11) is 1.28. The van der Waals surface area contributed by atoms with Gasteiger partial charge in [0.05, 0.1) is 19.0 Å². The number of nitrogens with one attached hydrogen (secondary N) is 2. The van der Waals surface area contributed by atoms with Gasteiger partial charge in [-0.3, -0.25) is 9.20 Å². The van der Waals surface area contributed by atoms with Crippen LogP contribution in [0.2, 0.25) is 0 Å². The highest BCUT2D eigenvalue weighted by molar-refractivity contribution is 5.96. The van der Waals surface area contributed by atoms with Crippen molar-refractivity contribution in [3.63, 3.8) is 0 Å². The van der Waals surface area contributed by atoms with Gasteiger partial charge in [-0.2, -0.15) is 4.39 Å². The Labute approximate surface area is 201 Å². The molecule has 0 bridgehead atoms. The molecule has 0 fully saturated rings. The average molecular weight is 481 g/mol. The number of aromatic nitrogens is 3. The fraction of sp³-hybridized carbons (Fsp3) is 0.240. The van der Waals surface area contributed by atoms with E-state index in [0.29, 0.717) is 41.5 Å². The third-order valence-electron chi connectivity index (χ3n) is 5.62. The summed E-state index contributed by atoms with van der Waals surface area (Å²) in [5.74, 6) is -1.98. The lowest BCUT2D eigenvalue weighted by Crippen LogP contribution is -2.25. The molecule has 0 unspecified atom stereocenters. The Morgan fingerprint density at radius 1 is 1.14 bits per heavy atom. The van der Waals surface area contributed by atoms with Crippen molar-refractivity contribution >= 4 is 23.1 Å². The summed E-state index contributed by atoms with van der Waals surface area (Å²) in [6.07, 6.45) is 6.30. The first-order chi connectivity index (χ1) is 16.9. The lowest BCUT2D eigenvalue weighted by Gasteiger charge is -2.12. The number of aryl methyl sites for hydroxylation is 1. The number of amides is 1. The first-order valence-electron chi connectivity index (χ1n) is 11.1. The van der Waals surface area contributed by atoms with Gasteiger partial charge < -0.3 is 21.1 Å². The SMILES string of the molecule is COc1ccc(-c2cnc3c(Nc4ccc(C(=O)NCCCCN)c(C)c4)nccn23)c(F)c1F. The van der Waals surface area contributed by atoms with E-state index in [4.69, 9.17) is 10.5 Å². The molecule has 0 aliphatic carbocycles. The lowest BCUT2D eigenvalue weighted by molar-refractivity contribution is 0.0952. The number of carbonyl (C=O) groups is 1. The number of benzene rings is 2. The molecule has 0 atom stereocenters. The van der Waals surface area contributed by atoms with Crippen LogP contribution in [0.5, 0.6) is 5.75 Å². The number of hydrogen-bond donors (Lipinski definition) is 3. The molecule has 0 saturated heterocycles. The number of imidazole rings is 1. The number of ether oxygens (including phenoxy) is 1. The Balaban J connectivity index is 1.58. The molecule has 4 rings (SSSR count). The predicted octanol–water partition coefficient (Wildman–Crippen LogP) is 4.20. The normalized spacial score (nSPS) is 11.0. The number of unbranched alkanes of at least 4 members (excludes halogenated alkanes) is 1. The monoisotopic (exact) mass is 480 g/mol. The molecule has 4 N–H and O–H groups in total. The van der Waals surface area contributed by atoms with Gasteiger partial charge in [-0.1, -0.05) is 0 Å². The summed E-state index contributed by atoms with van der Waals surface area (Å²) in [6.45, 7) is 3.02. The van der Waals surface area contributed by atoms with Crippen LogP contribution < -0.4 is 21.1 Å². The standard InChI is InChI=1S/C25H26F2N6O2/c1-15-13-16(5-6-17(15)25(34)30-10-4-3-9-28)32-23-24-31-14-19(33(24)12-11-29-23)18-7-8-20(35-2)22(27)21(18)26/h5-8,11-14H,3-4,9-10,28H2,1-2H3,(H,29,32)(H,30,34). The molecule has 2 aromatic carbocycles. The molecule has 0 spiro atoms. The number of halogens is 2. The molecule has 0 aliphatic heterocycles. The van der Waals surface area contributed by atoms with E-state index < -0.39 is 11.6 Å². The third-order valence-corrected chi connectivity index (χ3v) is 5.62. The van der Waals surface area contributed by atoms with Crippen LogP contribution >= 0.6 is 0 Å². The van der Waals surface area contributed by atoms with Crippen LogP contribution in [0.25, 0.3) is 16.9 Å². The second-order valence-electron chi connectivity index (χ2n) is 7.96. The fourth-order valence-electron chi connectivity index (χ4n) is 3.79. The number of rotatable bonds is 9. The van der Waals surface area contributed by atoms with Crippen LogP contribution in [0, 0.1) is 18.6 Å². The van der Waals surface area contributed by atoms with Crippen LogP contribution in [0.15, 0.2) is 48.9 Å². The van der Waals surface area contributed by atoms with Gasteiger partial charge in [-0.25, -0.2) is 14.4 Å².